The van der Waals surface area contributed by atoms with Crippen LogP contribution in [0.3, 0.4) is 0 Å². The van der Waals surface area contributed by atoms with E-state index in [0.29, 0.717) is 31.3 Å². The average molecular weight is 287 g/mol. The van der Waals surface area contributed by atoms with Gasteiger partial charge in [0.25, 0.3) is 0 Å². The van der Waals surface area contributed by atoms with Gasteiger partial charge >= 0.3 is 0 Å². The molecule has 21 heavy (non-hydrogen) atoms. The average Bonchev–Trinajstić information content (AvgIpc) is 2.53. The number of hydrogen-bond donors (Lipinski definition) is 1. The minimum Gasteiger partial charge on any atom is -0.493 e. The van der Waals surface area contributed by atoms with Gasteiger partial charge in [0.15, 0.2) is 11.5 Å². The molecule has 0 atom stereocenters. The standard InChI is InChI=1S/C17H21NO3/c1-13-5-3-4-6-15(13)20-9-10-21-16-8-7-14(12-18)11-17(16)19-2/h3-8,11H,9-10,12,18H2,1-2H3. The van der Waals surface area contributed by atoms with E-state index in [1.165, 1.54) is 0 Å². The van der Waals surface area contributed by atoms with Crippen molar-refractivity contribution in [2.45, 2.75) is 13.5 Å². The number of aryl methyl sites for hydroxylation is 1. The molecular weight excluding hydrogens is 266 g/mol. The minimum absolute atomic E-state index is 0.451. The lowest BCUT2D eigenvalue weighted by Gasteiger charge is -2.13. The summed E-state index contributed by atoms with van der Waals surface area (Å²) in [6, 6.07) is 13.6. The Morgan fingerprint density at radius 2 is 1.62 bits per heavy atom. The van der Waals surface area contributed by atoms with Crippen LogP contribution in [0.25, 0.3) is 0 Å². The van der Waals surface area contributed by atoms with Crippen molar-refractivity contribution in [3.8, 4) is 17.2 Å². The first kappa shape index (κ1) is 15.2. The van der Waals surface area contributed by atoms with Gasteiger partial charge in [-0.2, -0.15) is 0 Å². The van der Waals surface area contributed by atoms with Crippen molar-refractivity contribution in [2.24, 2.45) is 5.73 Å². The monoisotopic (exact) mass is 287 g/mol. The van der Waals surface area contributed by atoms with E-state index in [9.17, 15) is 0 Å². The highest BCUT2D eigenvalue weighted by molar-refractivity contribution is 5.42. The van der Waals surface area contributed by atoms with E-state index in [4.69, 9.17) is 19.9 Å². The molecule has 0 aliphatic carbocycles. The van der Waals surface area contributed by atoms with E-state index in [-0.39, 0.29) is 0 Å². The third-order valence-corrected chi connectivity index (χ3v) is 3.16. The molecule has 0 radical (unpaired) electrons. The van der Waals surface area contributed by atoms with Crippen LogP contribution in [0.15, 0.2) is 42.5 Å². The Labute approximate surface area is 125 Å². The maximum atomic E-state index is 5.70. The Bertz CT molecular complexity index is 584. The summed E-state index contributed by atoms with van der Waals surface area (Å²) in [4.78, 5) is 0. The highest BCUT2D eigenvalue weighted by Gasteiger charge is 2.05. The third-order valence-electron chi connectivity index (χ3n) is 3.16. The summed E-state index contributed by atoms with van der Waals surface area (Å²) in [5, 5.41) is 0. The lowest BCUT2D eigenvalue weighted by Crippen LogP contribution is -2.10. The summed E-state index contributed by atoms with van der Waals surface area (Å²) >= 11 is 0. The second-order valence-corrected chi connectivity index (χ2v) is 4.65. The number of para-hydroxylation sites is 1. The number of methoxy groups -OCH3 is 1. The van der Waals surface area contributed by atoms with Gasteiger partial charge in [0.05, 0.1) is 7.11 Å². The van der Waals surface area contributed by atoms with Crippen LogP contribution in [0.2, 0.25) is 0 Å². The lowest BCUT2D eigenvalue weighted by molar-refractivity contribution is 0.210. The molecule has 0 amide bonds. The number of ether oxygens (including phenoxy) is 3. The number of hydrogen-bond acceptors (Lipinski definition) is 4. The zero-order valence-corrected chi connectivity index (χ0v) is 12.5. The van der Waals surface area contributed by atoms with Gasteiger partial charge in [-0.25, -0.2) is 0 Å². The fraction of sp³-hybridized carbons (Fsp3) is 0.294. The van der Waals surface area contributed by atoms with Crippen LogP contribution in [0.4, 0.5) is 0 Å². The summed E-state index contributed by atoms with van der Waals surface area (Å²) in [7, 11) is 1.62. The summed E-state index contributed by atoms with van der Waals surface area (Å²) < 4.78 is 16.7. The summed E-state index contributed by atoms with van der Waals surface area (Å²) in [6.45, 7) is 3.43. The SMILES string of the molecule is COc1cc(CN)ccc1OCCOc1ccccc1C. The molecule has 0 aliphatic heterocycles. The predicted octanol–water partition coefficient (Wildman–Crippen LogP) is 2.92. The van der Waals surface area contributed by atoms with E-state index in [1.54, 1.807) is 7.11 Å². The maximum Gasteiger partial charge on any atom is 0.161 e. The van der Waals surface area contributed by atoms with Gasteiger partial charge in [-0.15, -0.1) is 0 Å². The second kappa shape index (κ2) is 7.55. The van der Waals surface area contributed by atoms with Crippen LogP contribution in [-0.2, 0) is 6.54 Å². The molecule has 2 aromatic rings. The normalized spacial score (nSPS) is 10.2. The molecule has 0 heterocycles. The van der Waals surface area contributed by atoms with Crippen molar-refractivity contribution >= 4 is 0 Å². The van der Waals surface area contributed by atoms with E-state index in [2.05, 4.69) is 0 Å². The zero-order valence-electron chi connectivity index (χ0n) is 12.5. The molecule has 2 rings (SSSR count). The highest BCUT2D eigenvalue weighted by Crippen LogP contribution is 2.27. The highest BCUT2D eigenvalue weighted by atomic mass is 16.5. The molecule has 0 fully saturated rings. The number of rotatable bonds is 7. The van der Waals surface area contributed by atoms with Crippen molar-refractivity contribution in [1.82, 2.24) is 0 Å². The van der Waals surface area contributed by atoms with Crippen LogP contribution in [0.1, 0.15) is 11.1 Å². The Morgan fingerprint density at radius 3 is 2.29 bits per heavy atom. The van der Waals surface area contributed by atoms with Crippen molar-refractivity contribution < 1.29 is 14.2 Å². The first-order valence-corrected chi connectivity index (χ1v) is 6.93. The smallest absolute Gasteiger partial charge is 0.161 e. The Morgan fingerprint density at radius 1 is 0.905 bits per heavy atom. The molecule has 0 aliphatic rings. The zero-order chi connectivity index (χ0) is 15.1. The molecule has 4 heteroatoms. The van der Waals surface area contributed by atoms with Gasteiger partial charge in [0, 0.05) is 6.54 Å². The summed E-state index contributed by atoms with van der Waals surface area (Å²) in [5.41, 5.74) is 7.73. The molecule has 0 spiro atoms. The number of benzene rings is 2. The Kier molecular flexibility index (Phi) is 5.46. The van der Waals surface area contributed by atoms with Crippen LogP contribution < -0.4 is 19.9 Å². The van der Waals surface area contributed by atoms with Gasteiger partial charge < -0.3 is 19.9 Å². The van der Waals surface area contributed by atoms with Gasteiger partial charge in [-0.05, 0) is 36.2 Å². The first-order valence-electron chi connectivity index (χ1n) is 6.93. The van der Waals surface area contributed by atoms with Crippen LogP contribution in [0.5, 0.6) is 17.2 Å². The van der Waals surface area contributed by atoms with Crippen LogP contribution in [0, 0.1) is 6.92 Å². The quantitative estimate of drug-likeness (QED) is 0.796. The molecule has 112 valence electrons. The molecular formula is C17H21NO3. The van der Waals surface area contributed by atoms with Crippen molar-refractivity contribution in [2.75, 3.05) is 20.3 Å². The molecule has 2 aromatic carbocycles. The molecule has 0 aromatic heterocycles. The van der Waals surface area contributed by atoms with Gasteiger partial charge in [-0.3, -0.25) is 0 Å². The molecule has 0 unspecified atom stereocenters. The van der Waals surface area contributed by atoms with E-state index < -0.39 is 0 Å². The van der Waals surface area contributed by atoms with Gasteiger partial charge in [-0.1, -0.05) is 24.3 Å². The van der Waals surface area contributed by atoms with E-state index >= 15 is 0 Å². The minimum atomic E-state index is 0.451. The summed E-state index contributed by atoms with van der Waals surface area (Å²) in [5.74, 6) is 2.27. The predicted molar refractivity (Wildman–Crippen MR) is 83.1 cm³/mol. The second-order valence-electron chi connectivity index (χ2n) is 4.65. The van der Waals surface area contributed by atoms with Crippen LogP contribution in [-0.4, -0.2) is 20.3 Å². The third kappa shape index (κ3) is 4.13. The van der Waals surface area contributed by atoms with Gasteiger partial charge in [0.1, 0.15) is 19.0 Å². The molecule has 0 saturated carbocycles. The molecule has 0 saturated heterocycles. The van der Waals surface area contributed by atoms with Crippen molar-refractivity contribution in [1.29, 1.82) is 0 Å². The first-order chi connectivity index (χ1) is 10.2. The largest absolute Gasteiger partial charge is 0.493 e. The Hall–Kier alpha value is -2.20. The molecule has 0 bridgehead atoms. The summed E-state index contributed by atoms with van der Waals surface area (Å²) in [6.07, 6.45) is 0. The fourth-order valence-electron chi connectivity index (χ4n) is 1.98. The van der Waals surface area contributed by atoms with E-state index in [0.717, 1.165) is 16.9 Å². The molecule has 4 nitrogen and oxygen atoms in total. The van der Waals surface area contributed by atoms with Crippen LogP contribution >= 0.6 is 0 Å². The Balaban J connectivity index is 1.87. The van der Waals surface area contributed by atoms with Crippen molar-refractivity contribution in [3.05, 3.63) is 53.6 Å². The lowest BCUT2D eigenvalue weighted by atomic mass is 10.2. The van der Waals surface area contributed by atoms with Crippen molar-refractivity contribution in [3.63, 3.8) is 0 Å². The number of nitrogens with two attached hydrogens (primary N) is 1. The maximum absolute atomic E-state index is 5.70. The molecule has 2 N–H and O–H groups in total. The fourth-order valence-corrected chi connectivity index (χ4v) is 1.98. The topological polar surface area (TPSA) is 53.7 Å². The van der Waals surface area contributed by atoms with Gasteiger partial charge in [0.2, 0.25) is 0 Å². The van der Waals surface area contributed by atoms with E-state index in [1.807, 2.05) is 49.4 Å².